The molecule has 0 aliphatic rings. The summed E-state index contributed by atoms with van der Waals surface area (Å²) in [5, 5.41) is 11.1. The fourth-order valence-corrected chi connectivity index (χ4v) is 2.37. The van der Waals surface area contributed by atoms with E-state index in [9.17, 15) is 4.79 Å². The lowest BCUT2D eigenvalue weighted by molar-refractivity contribution is 0.340. The van der Waals surface area contributed by atoms with Gasteiger partial charge in [0.1, 0.15) is 11.4 Å². The smallest absolute Gasteiger partial charge is 0.274 e. The highest BCUT2D eigenvalue weighted by Gasteiger charge is 2.06. The molecule has 6 nitrogen and oxygen atoms in total. The fraction of sp³-hybridized carbons (Fsp3) is 0.211. The van der Waals surface area contributed by atoms with E-state index in [0.29, 0.717) is 24.7 Å². The Morgan fingerprint density at radius 3 is 2.40 bits per heavy atom. The Morgan fingerprint density at radius 2 is 1.76 bits per heavy atom. The Balaban J connectivity index is 1.70. The molecule has 0 fully saturated rings. The van der Waals surface area contributed by atoms with Gasteiger partial charge in [-0.25, -0.2) is 0 Å². The van der Waals surface area contributed by atoms with Crippen LogP contribution in [-0.2, 0) is 6.42 Å². The van der Waals surface area contributed by atoms with Gasteiger partial charge < -0.3 is 10.1 Å². The molecular formula is C19H20N4O2. The number of rotatable bonds is 6. The number of hydrogen-bond donors (Lipinski definition) is 2. The first-order valence-electron chi connectivity index (χ1n) is 8.15. The molecule has 128 valence electrons. The highest BCUT2D eigenvalue weighted by atomic mass is 16.5. The van der Waals surface area contributed by atoms with E-state index in [0.717, 1.165) is 17.0 Å². The average molecular weight is 336 g/mol. The first-order valence-corrected chi connectivity index (χ1v) is 8.15. The van der Waals surface area contributed by atoms with Gasteiger partial charge in [-0.3, -0.25) is 9.78 Å². The Bertz CT molecular complexity index is 887. The first kappa shape index (κ1) is 16.7. The van der Waals surface area contributed by atoms with E-state index in [1.54, 1.807) is 0 Å². The lowest BCUT2D eigenvalue weighted by atomic mass is 10.1. The third-order valence-electron chi connectivity index (χ3n) is 3.68. The maximum Gasteiger partial charge on any atom is 0.274 e. The molecule has 0 saturated heterocycles. The van der Waals surface area contributed by atoms with E-state index < -0.39 is 0 Å². The first-order chi connectivity index (χ1) is 12.1. The number of benzene rings is 2. The molecule has 3 aromatic rings. The second-order valence-electron chi connectivity index (χ2n) is 5.69. The predicted molar refractivity (Wildman–Crippen MR) is 97.5 cm³/mol. The summed E-state index contributed by atoms with van der Waals surface area (Å²) in [6.07, 6.45) is 0.450. The van der Waals surface area contributed by atoms with Crippen LogP contribution in [0.25, 0.3) is 0 Å². The SMILES string of the molecule is CCOc1ccc(Nc2nnc(Cc3ccc(C)cc3)c(=O)[nH]2)cc1. The van der Waals surface area contributed by atoms with Gasteiger partial charge in [0.05, 0.1) is 6.61 Å². The minimum Gasteiger partial charge on any atom is -0.494 e. The Kier molecular flexibility index (Phi) is 5.09. The molecule has 0 saturated carbocycles. The topological polar surface area (TPSA) is 79.9 Å². The lowest BCUT2D eigenvalue weighted by Crippen LogP contribution is -2.18. The number of nitrogens with one attached hydrogen (secondary N) is 2. The van der Waals surface area contributed by atoms with E-state index in [1.807, 2.05) is 62.4 Å². The lowest BCUT2D eigenvalue weighted by Gasteiger charge is -2.07. The van der Waals surface area contributed by atoms with E-state index in [2.05, 4.69) is 20.5 Å². The van der Waals surface area contributed by atoms with Crippen LogP contribution in [0.15, 0.2) is 53.3 Å². The van der Waals surface area contributed by atoms with Crippen molar-refractivity contribution in [3.8, 4) is 5.75 Å². The van der Waals surface area contributed by atoms with Crippen LogP contribution in [0.4, 0.5) is 11.6 Å². The Hall–Kier alpha value is -3.15. The molecular weight excluding hydrogens is 316 g/mol. The fourth-order valence-electron chi connectivity index (χ4n) is 2.37. The molecule has 1 heterocycles. The maximum absolute atomic E-state index is 12.2. The van der Waals surface area contributed by atoms with Crippen molar-refractivity contribution < 1.29 is 4.74 Å². The highest BCUT2D eigenvalue weighted by molar-refractivity contribution is 5.54. The third-order valence-corrected chi connectivity index (χ3v) is 3.68. The quantitative estimate of drug-likeness (QED) is 0.722. The molecule has 2 N–H and O–H groups in total. The van der Waals surface area contributed by atoms with Gasteiger partial charge in [-0.1, -0.05) is 29.8 Å². The van der Waals surface area contributed by atoms with Crippen molar-refractivity contribution in [1.29, 1.82) is 0 Å². The molecule has 0 amide bonds. The highest BCUT2D eigenvalue weighted by Crippen LogP contribution is 2.17. The molecule has 0 aliphatic carbocycles. The number of anilines is 2. The number of aryl methyl sites for hydroxylation is 1. The number of hydrogen-bond acceptors (Lipinski definition) is 5. The van der Waals surface area contributed by atoms with Crippen LogP contribution in [-0.4, -0.2) is 21.8 Å². The largest absolute Gasteiger partial charge is 0.494 e. The average Bonchev–Trinajstić information content (AvgIpc) is 2.61. The standard InChI is InChI=1S/C19H20N4O2/c1-3-25-16-10-8-15(9-11-16)20-19-21-18(24)17(22-23-19)12-14-6-4-13(2)5-7-14/h4-11H,3,12H2,1-2H3,(H2,20,21,23,24). The second kappa shape index (κ2) is 7.61. The second-order valence-corrected chi connectivity index (χ2v) is 5.69. The van der Waals surface area contributed by atoms with Crippen molar-refractivity contribution >= 4 is 11.6 Å². The van der Waals surface area contributed by atoms with Crippen LogP contribution in [0, 0.1) is 6.92 Å². The minimum atomic E-state index is -0.246. The monoisotopic (exact) mass is 336 g/mol. The number of nitrogens with zero attached hydrogens (tertiary/aromatic N) is 2. The van der Waals surface area contributed by atoms with Gasteiger partial charge in [-0.05, 0) is 43.7 Å². The molecule has 1 aromatic heterocycles. The van der Waals surface area contributed by atoms with E-state index in [4.69, 9.17) is 4.74 Å². The van der Waals surface area contributed by atoms with E-state index >= 15 is 0 Å². The molecule has 2 aromatic carbocycles. The summed E-state index contributed by atoms with van der Waals surface area (Å²) in [6.45, 7) is 4.58. The van der Waals surface area contributed by atoms with Gasteiger partial charge in [-0.15, -0.1) is 10.2 Å². The Morgan fingerprint density at radius 1 is 1.04 bits per heavy atom. The molecule has 0 atom stereocenters. The van der Waals surface area contributed by atoms with Crippen molar-refractivity contribution in [1.82, 2.24) is 15.2 Å². The summed E-state index contributed by atoms with van der Waals surface area (Å²) in [7, 11) is 0. The molecule has 0 radical (unpaired) electrons. The molecule has 25 heavy (non-hydrogen) atoms. The maximum atomic E-state index is 12.2. The molecule has 3 rings (SSSR count). The van der Waals surface area contributed by atoms with Crippen molar-refractivity contribution in [3.05, 3.63) is 75.7 Å². The molecule has 0 bridgehead atoms. The van der Waals surface area contributed by atoms with Crippen LogP contribution in [0.1, 0.15) is 23.7 Å². The van der Waals surface area contributed by atoms with Crippen molar-refractivity contribution in [3.63, 3.8) is 0 Å². The van der Waals surface area contributed by atoms with Gasteiger partial charge in [0.25, 0.3) is 5.56 Å². The van der Waals surface area contributed by atoms with E-state index in [1.165, 1.54) is 5.56 Å². The summed E-state index contributed by atoms with van der Waals surface area (Å²) < 4.78 is 5.40. The number of aromatic amines is 1. The zero-order valence-corrected chi connectivity index (χ0v) is 14.2. The molecule has 0 aliphatic heterocycles. The molecule has 0 unspecified atom stereocenters. The third kappa shape index (κ3) is 4.44. The Labute approximate surface area is 145 Å². The summed E-state index contributed by atoms with van der Waals surface area (Å²) >= 11 is 0. The van der Waals surface area contributed by atoms with Gasteiger partial charge in [0.15, 0.2) is 0 Å². The summed E-state index contributed by atoms with van der Waals surface area (Å²) in [4.78, 5) is 14.9. The van der Waals surface area contributed by atoms with Crippen molar-refractivity contribution in [2.45, 2.75) is 20.3 Å². The normalized spacial score (nSPS) is 10.5. The van der Waals surface area contributed by atoms with Gasteiger partial charge in [0.2, 0.25) is 5.95 Å². The zero-order valence-electron chi connectivity index (χ0n) is 14.2. The van der Waals surface area contributed by atoms with Crippen molar-refractivity contribution in [2.24, 2.45) is 0 Å². The van der Waals surface area contributed by atoms with Crippen LogP contribution < -0.4 is 15.6 Å². The predicted octanol–water partition coefficient (Wildman–Crippen LogP) is 3.21. The van der Waals surface area contributed by atoms with E-state index in [-0.39, 0.29) is 5.56 Å². The number of ether oxygens (including phenoxy) is 1. The molecule has 6 heteroatoms. The van der Waals surface area contributed by atoms with Gasteiger partial charge >= 0.3 is 0 Å². The van der Waals surface area contributed by atoms with Crippen LogP contribution in [0.5, 0.6) is 5.75 Å². The molecule has 0 spiro atoms. The summed E-state index contributed by atoms with van der Waals surface area (Å²) in [5.41, 5.74) is 3.14. The van der Waals surface area contributed by atoms with Crippen molar-refractivity contribution in [2.75, 3.05) is 11.9 Å². The van der Waals surface area contributed by atoms with Gasteiger partial charge in [0, 0.05) is 12.1 Å². The summed E-state index contributed by atoms with van der Waals surface area (Å²) in [5.74, 6) is 1.10. The van der Waals surface area contributed by atoms with Gasteiger partial charge in [-0.2, -0.15) is 0 Å². The number of aromatic nitrogens is 3. The van der Waals surface area contributed by atoms with Crippen LogP contribution in [0.2, 0.25) is 0 Å². The minimum absolute atomic E-state index is 0.246. The van der Waals surface area contributed by atoms with Crippen LogP contribution in [0.3, 0.4) is 0 Å². The zero-order chi connectivity index (χ0) is 17.6. The van der Waals surface area contributed by atoms with Crippen LogP contribution >= 0.6 is 0 Å². The summed E-state index contributed by atoms with van der Waals surface area (Å²) in [6, 6.07) is 15.4. The number of H-pyrrole nitrogens is 1.